The first-order chi connectivity index (χ1) is 10.0. The fraction of sp³-hybridized carbons (Fsp3) is 1.00. The molecule has 1 heterocycles. The van der Waals surface area contributed by atoms with Crippen LogP contribution in [0.5, 0.6) is 0 Å². The van der Waals surface area contributed by atoms with Gasteiger partial charge in [0.15, 0.2) is 0 Å². The zero-order valence-corrected chi connectivity index (χ0v) is 14.0. The van der Waals surface area contributed by atoms with Gasteiger partial charge in [-0.25, -0.2) is 8.78 Å². The summed E-state index contributed by atoms with van der Waals surface area (Å²) in [5.41, 5.74) is 0. The average molecular weight is 310 g/mol. The van der Waals surface area contributed by atoms with Crippen LogP contribution in [-0.4, -0.2) is 82.4 Å². The van der Waals surface area contributed by atoms with Crippen LogP contribution in [0.4, 0.5) is 8.78 Å². The zero-order chi connectivity index (χ0) is 16.1. The van der Waals surface area contributed by atoms with Gasteiger partial charge >= 0.3 is 0 Å². The van der Waals surface area contributed by atoms with E-state index in [0.29, 0.717) is 6.61 Å². The number of unbranched alkanes of at least 4 members (excludes halogenated alkanes) is 1. The fourth-order valence-electron chi connectivity index (χ4n) is 2.09. The Bertz CT molecular complexity index is 236. The Labute approximate surface area is 128 Å². The van der Waals surface area contributed by atoms with E-state index in [1.807, 2.05) is 13.8 Å². The summed E-state index contributed by atoms with van der Waals surface area (Å²) >= 11 is 0. The van der Waals surface area contributed by atoms with Crippen molar-refractivity contribution in [3.63, 3.8) is 0 Å². The highest BCUT2D eigenvalue weighted by Crippen LogP contribution is 2.14. The minimum Gasteiger partial charge on any atom is -0.378 e. The van der Waals surface area contributed by atoms with Gasteiger partial charge in [-0.15, -0.1) is 0 Å². The molecule has 0 bridgehead atoms. The lowest BCUT2D eigenvalue weighted by Crippen LogP contribution is -2.44. The molecule has 1 saturated heterocycles. The molecule has 0 N–H and O–H groups in total. The second-order valence-corrected chi connectivity index (χ2v) is 5.19. The maximum absolute atomic E-state index is 13.0. The smallest absolute Gasteiger partial charge is 0.293 e. The van der Waals surface area contributed by atoms with Crippen molar-refractivity contribution in [1.29, 1.82) is 0 Å². The maximum Gasteiger partial charge on any atom is 0.293 e. The summed E-state index contributed by atoms with van der Waals surface area (Å²) < 4.78 is 35.4. The first kappa shape index (κ1) is 20.7. The van der Waals surface area contributed by atoms with Gasteiger partial charge in [0.2, 0.25) is 0 Å². The van der Waals surface area contributed by atoms with E-state index in [0.717, 1.165) is 45.6 Å². The predicted molar refractivity (Wildman–Crippen MR) is 82.2 cm³/mol. The van der Waals surface area contributed by atoms with Crippen molar-refractivity contribution in [3.05, 3.63) is 0 Å². The summed E-state index contributed by atoms with van der Waals surface area (Å²) in [7, 11) is 3.40. The lowest BCUT2D eigenvalue weighted by molar-refractivity contribution is -0.116. The third-order valence-corrected chi connectivity index (χ3v) is 3.28. The molecule has 0 aromatic heterocycles. The summed E-state index contributed by atoms with van der Waals surface area (Å²) in [5.74, 6) is -2.87. The summed E-state index contributed by atoms with van der Waals surface area (Å²) in [5, 5.41) is 0. The molecule has 1 aliphatic rings. The number of alkyl halides is 2. The van der Waals surface area contributed by atoms with Crippen LogP contribution in [0.25, 0.3) is 0 Å². The molecular formula is C15H32F2N2O2. The minimum absolute atomic E-state index is 0.396. The number of nitrogens with zero attached hydrogens (tertiary/aromatic N) is 2. The number of piperazine rings is 1. The van der Waals surface area contributed by atoms with Gasteiger partial charge in [0, 0.05) is 39.9 Å². The summed E-state index contributed by atoms with van der Waals surface area (Å²) in [6.45, 7) is 8.73. The Morgan fingerprint density at radius 3 is 2.19 bits per heavy atom. The molecule has 4 nitrogen and oxygen atoms in total. The summed E-state index contributed by atoms with van der Waals surface area (Å²) in [6.07, 6.45) is 1.83. The molecule has 6 heteroatoms. The van der Waals surface area contributed by atoms with Crippen LogP contribution >= 0.6 is 0 Å². The highest BCUT2D eigenvalue weighted by Gasteiger charge is 2.28. The van der Waals surface area contributed by atoms with E-state index in [-0.39, 0.29) is 0 Å². The maximum atomic E-state index is 13.0. The number of methoxy groups -OCH3 is 1. The molecule has 128 valence electrons. The van der Waals surface area contributed by atoms with Gasteiger partial charge in [-0.05, 0) is 26.4 Å². The third-order valence-electron chi connectivity index (χ3n) is 3.28. The lowest BCUT2D eigenvalue weighted by Gasteiger charge is -2.32. The topological polar surface area (TPSA) is 24.9 Å². The molecule has 1 fully saturated rings. The average Bonchev–Trinajstić information content (AvgIpc) is 2.46. The molecule has 0 aromatic rings. The van der Waals surface area contributed by atoms with Gasteiger partial charge < -0.3 is 19.3 Å². The molecule has 0 aromatic carbocycles. The van der Waals surface area contributed by atoms with Gasteiger partial charge in [0.1, 0.15) is 13.2 Å². The second-order valence-electron chi connectivity index (χ2n) is 5.19. The van der Waals surface area contributed by atoms with Crippen LogP contribution < -0.4 is 0 Å². The van der Waals surface area contributed by atoms with Crippen LogP contribution in [0.15, 0.2) is 0 Å². The number of ether oxygens (including phenoxy) is 2. The Hall–Kier alpha value is -0.300. The standard InChI is InChI=1S/C13H26F2N2O2.C2H6/c1-16-6-8-17(9-7-16)5-3-4-10-19-12-13(14,15)11-18-2;1-2/h3-12H2,1-2H3;1-2H3. The number of halogens is 2. The van der Waals surface area contributed by atoms with Crippen molar-refractivity contribution in [2.75, 3.05) is 66.7 Å². The number of likely N-dealkylation sites (N-methyl/N-ethyl adjacent to an activating group) is 1. The zero-order valence-electron chi connectivity index (χ0n) is 14.0. The van der Waals surface area contributed by atoms with Crippen molar-refractivity contribution >= 4 is 0 Å². The fourth-order valence-corrected chi connectivity index (χ4v) is 2.09. The normalized spacial score (nSPS) is 17.4. The van der Waals surface area contributed by atoms with E-state index in [9.17, 15) is 8.78 Å². The van der Waals surface area contributed by atoms with Crippen LogP contribution in [0.1, 0.15) is 26.7 Å². The molecule has 0 radical (unpaired) electrons. The van der Waals surface area contributed by atoms with Gasteiger partial charge in [-0.2, -0.15) is 0 Å². The van der Waals surface area contributed by atoms with E-state index in [1.54, 1.807) is 0 Å². The Morgan fingerprint density at radius 2 is 1.62 bits per heavy atom. The third kappa shape index (κ3) is 11.0. The van der Waals surface area contributed by atoms with E-state index >= 15 is 0 Å². The highest BCUT2D eigenvalue weighted by atomic mass is 19.3. The Morgan fingerprint density at radius 1 is 1.00 bits per heavy atom. The van der Waals surface area contributed by atoms with Gasteiger partial charge in [-0.3, -0.25) is 0 Å². The van der Waals surface area contributed by atoms with Crippen LogP contribution in [0, 0.1) is 0 Å². The molecule has 0 atom stereocenters. The van der Waals surface area contributed by atoms with E-state index in [2.05, 4.69) is 21.6 Å². The molecule has 1 aliphatic heterocycles. The van der Waals surface area contributed by atoms with E-state index in [1.165, 1.54) is 7.11 Å². The van der Waals surface area contributed by atoms with Crippen molar-refractivity contribution in [3.8, 4) is 0 Å². The summed E-state index contributed by atoms with van der Waals surface area (Å²) in [4.78, 5) is 4.73. The first-order valence-electron chi connectivity index (χ1n) is 7.89. The van der Waals surface area contributed by atoms with Crippen LogP contribution in [-0.2, 0) is 9.47 Å². The van der Waals surface area contributed by atoms with Gasteiger partial charge in [-0.1, -0.05) is 13.8 Å². The van der Waals surface area contributed by atoms with E-state index < -0.39 is 19.1 Å². The number of hydrogen-bond acceptors (Lipinski definition) is 4. The first-order valence-corrected chi connectivity index (χ1v) is 7.89. The largest absolute Gasteiger partial charge is 0.378 e. The lowest BCUT2D eigenvalue weighted by atomic mass is 10.2. The van der Waals surface area contributed by atoms with Crippen molar-refractivity contribution in [2.24, 2.45) is 0 Å². The molecule has 0 aliphatic carbocycles. The van der Waals surface area contributed by atoms with Crippen LogP contribution in [0.3, 0.4) is 0 Å². The minimum atomic E-state index is -2.87. The number of rotatable bonds is 9. The second kappa shape index (κ2) is 12.3. The summed E-state index contributed by atoms with van der Waals surface area (Å²) in [6, 6.07) is 0. The molecule has 0 amide bonds. The van der Waals surface area contributed by atoms with Crippen molar-refractivity contribution in [1.82, 2.24) is 9.80 Å². The van der Waals surface area contributed by atoms with E-state index in [4.69, 9.17) is 4.74 Å². The molecular weight excluding hydrogens is 278 g/mol. The predicted octanol–water partition coefficient (Wildman–Crippen LogP) is 2.34. The quantitative estimate of drug-likeness (QED) is 0.610. The van der Waals surface area contributed by atoms with Crippen molar-refractivity contribution in [2.45, 2.75) is 32.6 Å². The molecule has 21 heavy (non-hydrogen) atoms. The van der Waals surface area contributed by atoms with Gasteiger partial charge in [0.25, 0.3) is 5.92 Å². The Balaban J connectivity index is 0.00000191. The van der Waals surface area contributed by atoms with Gasteiger partial charge in [0.05, 0.1) is 0 Å². The number of hydrogen-bond donors (Lipinski definition) is 0. The molecule has 1 rings (SSSR count). The SMILES string of the molecule is CC.COCC(F)(F)COCCCCN1CCN(C)CC1. The monoisotopic (exact) mass is 310 g/mol. The molecule has 0 saturated carbocycles. The molecule has 0 unspecified atom stereocenters. The highest BCUT2D eigenvalue weighted by molar-refractivity contribution is 4.69. The molecule has 0 spiro atoms. The van der Waals surface area contributed by atoms with Crippen molar-refractivity contribution < 1.29 is 18.3 Å². The van der Waals surface area contributed by atoms with Crippen LogP contribution in [0.2, 0.25) is 0 Å². The Kier molecular flexibility index (Phi) is 12.1.